The number of aromatic carboxylic acids is 1. The summed E-state index contributed by atoms with van der Waals surface area (Å²) in [5.41, 5.74) is 10.3. The van der Waals surface area contributed by atoms with Gasteiger partial charge in [-0.2, -0.15) is 5.10 Å². The minimum Gasteiger partial charge on any atom is -0.478 e. The van der Waals surface area contributed by atoms with Crippen LogP contribution in [-0.2, 0) is 0 Å². The van der Waals surface area contributed by atoms with E-state index in [1.54, 1.807) is 10.6 Å². The summed E-state index contributed by atoms with van der Waals surface area (Å²) in [7, 11) is 0. The second kappa shape index (κ2) is 5.88. The zero-order chi connectivity index (χ0) is 19.4. The Bertz CT molecular complexity index is 1230. The van der Waals surface area contributed by atoms with Gasteiger partial charge in [0.05, 0.1) is 17.4 Å². The Morgan fingerprint density at radius 2 is 2.11 bits per heavy atom. The lowest BCUT2D eigenvalue weighted by Gasteiger charge is -2.03. The summed E-state index contributed by atoms with van der Waals surface area (Å²) < 4.78 is 1.60. The van der Waals surface area contributed by atoms with Crippen LogP contribution in [0, 0.1) is 6.92 Å². The van der Waals surface area contributed by atoms with Crippen LogP contribution >= 0.6 is 0 Å². The summed E-state index contributed by atoms with van der Waals surface area (Å²) in [6, 6.07) is 9.40. The number of anilines is 1. The van der Waals surface area contributed by atoms with Crippen LogP contribution in [0.1, 0.15) is 45.6 Å². The third kappa shape index (κ3) is 2.59. The van der Waals surface area contributed by atoms with Gasteiger partial charge in [0, 0.05) is 17.8 Å². The van der Waals surface area contributed by atoms with Crippen molar-refractivity contribution in [2.45, 2.75) is 25.2 Å². The smallest absolute Gasteiger partial charge is 0.339 e. The number of aryl methyl sites for hydroxylation is 1. The van der Waals surface area contributed by atoms with E-state index < -0.39 is 5.97 Å². The van der Waals surface area contributed by atoms with Crippen LogP contribution in [0.5, 0.6) is 0 Å². The molecule has 0 spiro atoms. The summed E-state index contributed by atoms with van der Waals surface area (Å²) in [5, 5.41) is 26.2. The largest absolute Gasteiger partial charge is 0.478 e. The van der Waals surface area contributed by atoms with Crippen molar-refractivity contribution in [1.29, 1.82) is 0 Å². The van der Waals surface area contributed by atoms with Crippen LogP contribution in [0.25, 0.3) is 11.2 Å². The molecule has 9 heteroatoms. The monoisotopic (exact) mass is 375 g/mol. The van der Waals surface area contributed by atoms with Crippen LogP contribution in [0.4, 0.5) is 5.69 Å². The highest BCUT2D eigenvalue weighted by Crippen LogP contribution is 2.53. The number of carboxylic acid groups (broad SMARTS) is 1. The highest BCUT2D eigenvalue weighted by molar-refractivity contribution is 5.95. The molecule has 140 valence electrons. The van der Waals surface area contributed by atoms with Gasteiger partial charge >= 0.3 is 5.97 Å². The van der Waals surface area contributed by atoms with Gasteiger partial charge in [0.15, 0.2) is 5.82 Å². The predicted octanol–water partition coefficient (Wildman–Crippen LogP) is 2.17. The van der Waals surface area contributed by atoms with Gasteiger partial charge in [-0.1, -0.05) is 12.1 Å². The Labute approximate surface area is 159 Å². The minimum atomic E-state index is -0.982. The molecule has 2 unspecified atom stereocenters. The standard InChI is InChI=1S/C19H17N7O2/c1-10-2-4-12(6-16(10)20)26-23-18(22-24-26)14-7-13(14)11-3-5-17-15(19(27)28)8-21-25(17)9-11/h2-6,8-9,13-14H,7,20H2,1H3,(H,27,28). The summed E-state index contributed by atoms with van der Waals surface area (Å²) in [6.07, 6.45) is 4.16. The Kier molecular flexibility index (Phi) is 3.45. The van der Waals surface area contributed by atoms with E-state index in [2.05, 4.69) is 20.5 Å². The van der Waals surface area contributed by atoms with Crippen LogP contribution in [-0.4, -0.2) is 40.9 Å². The maximum atomic E-state index is 11.2. The van der Waals surface area contributed by atoms with Crippen molar-refractivity contribution in [1.82, 2.24) is 29.8 Å². The van der Waals surface area contributed by atoms with Gasteiger partial charge in [-0.25, -0.2) is 9.31 Å². The fourth-order valence-corrected chi connectivity index (χ4v) is 3.47. The molecule has 1 saturated carbocycles. The number of aromatic nitrogens is 6. The second-order valence-corrected chi connectivity index (χ2v) is 7.08. The molecule has 0 bridgehead atoms. The Morgan fingerprint density at radius 1 is 1.25 bits per heavy atom. The fourth-order valence-electron chi connectivity index (χ4n) is 3.47. The first-order chi connectivity index (χ1) is 13.5. The van der Waals surface area contributed by atoms with Gasteiger partial charge in [-0.15, -0.1) is 15.0 Å². The molecule has 0 amide bonds. The molecule has 5 rings (SSSR count). The lowest BCUT2D eigenvalue weighted by Crippen LogP contribution is -2.01. The molecule has 3 heterocycles. The number of rotatable bonds is 4. The molecule has 1 fully saturated rings. The van der Waals surface area contributed by atoms with Crippen molar-refractivity contribution in [3.63, 3.8) is 0 Å². The first kappa shape index (κ1) is 16.4. The molecule has 1 aromatic carbocycles. The highest BCUT2D eigenvalue weighted by Gasteiger charge is 2.43. The molecule has 3 aromatic heterocycles. The van der Waals surface area contributed by atoms with E-state index in [0.717, 1.165) is 23.2 Å². The van der Waals surface area contributed by atoms with E-state index in [9.17, 15) is 9.90 Å². The number of nitrogens with zero attached hydrogens (tertiary/aromatic N) is 6. The summed E-state index contributed by atoms with van der Waals surface area (Å²) >= 11 is 0. The minimum absolute atomic E-state index is 0.184. The molecule has 28 heavy (non-hydrogen) atoms. The molecule has 3 N–H and O–H groups in total. The van der Waals surface area contributed by atoms with Gasteiger partial charge in [-0.05, 0) is 53.8 Å². The molecule has 1 aliphatic rings. The number of hydrogen-bond donors (Lipinski definition) is 2. The maximum Gasteiger partial charge on any atom is 0.339 e. The third-order valence-electron chi connectivity index (χ3n) is 5.24. The lowest BCUT2D eigenvalue weighted by molar-refractivity contribution is 0.0699. The Morgan fingerprint density at radius 3 is 2.89 bits per heavy atom. The zero-order valence-electron chi connectivity index (χ0n) is 15.0. The van der Waals surface area contributed by atoms with Crippen molar-refractivity contribution in [2.75, 3.05) is 5.73 Å². The number of hydrogen-bond acceptors (Lipinski definition) is 6. The van der Waals surface area contributed by atoms with E-state index >= 15 is 0 Å². The molecule has 0 aliphatic heterocycles. The third-order valence-corrected chi connectivity index (χ3v) is 5.24. The SMILES string of the molecule is Cc1ccc(-n2nnc(C3CC3c3ccc4c(C(=O)O)cnn4c3)n2)cc1N. The summed E-state index contributed by atoms with van der Waals surface area (Å²) in [4.78, 5) is 12.7. The number of pyridine rings is 1. The highest BCUT2D eigenvalue weighted by atomic mass is 16.4. The summed E-state index contributed by atoms with van der Waals surface area (Å²) in [6.45, 7) is 1.95. The number of nitrogens with two attached hydrogens (primary N) is 1. The van der Waals surface area contributed by atoms with Gasteiger partial charge < -0.3 is 10.8 Å². The van der Waals surface area contributed by atoms with Crippen LogP contribution in [0.15, 0.2) is 42.7 Å². The molecule has 2 atom stereocenters. The van der Waals surface area contributed by atoms with Crippen molar-refractivity contribution in [3.05, 3.63) is 65.2 Å². The maximum absolute atomic E-state index is 11.2. The number of tetrazole rings is 1. The lowest BCUT2D eigenvalue weighted by atomic mass is 10.1. The van der Waals surface area contributed by atoms with E-state index in [-0.39, 0.29) is 17.4 Å². The average Bonchev–Trinajstić information content (AvgIpc) is 3.13. The molecule has 9 nitrogen and oxygen atoms in total. The van der Waals surface area contributed by atoms with E-state index in [1.165, 1.54) is 11.0 Å². The van der Waals surface area contributed by atoms with Crippen molar-refractivity contribution in [3.8, 4) is 5.69 Å². The molecular weight excluding hydrogens is 358 g/mol. The van der Waals surface area contributed by atoms with Crippen LogP contribution in [0.3, 0.4) is 0 Å². The van der Waals surface area contributed by atoms with E-state index in [4.69, 9.17) is 5.73 Å². The Hall–Kier alpha value is -3.75. The number of carbonyl (C=O) groups is 1. The molecule has 0 radical (unpaired) electrons. The molecular formula is C19H17N7O2. The molecule has 4 aromatic rings. The fraction of sp³-hybridized carbons (Fsp3) is 0.211. The van der Waals surface area contributed by atoms with Gasteiger partial charge in [0.25, 0.3) is 0 Å². The first-order valence-corrected chi connectivity index (χ1v) is 8.88. The average molecular weight is 375 g/mol. The number of benzene rings is 1. The molecule has 0 saturated heterocycles. The van der Waals surface area contributed by atoms with E-state index in [1.807, 2.05) is 37.4 Å². The topological polar surface area (TPSA) is 124 Å². The second-order valence-electron chi connectivity index (χ2n) is 7.08. The van der Waals surface area contributed by atoms with E-state index in [0.29, 0.717) is 17.0 Å². The van der Waals surface area contributed by atoms with Crippen molar-refractivity contribution >= 4 is 17.2 Å². The van der Waals surface area contributed by atoms with Crippen LogP contribution in [0.2, 0.25) is 0 Å². The number of fused-ring (bicyclic) bond motifs is 1. The Balaban J connectivity index is 1.39. The van der Waals surface area contributed by atoms with Crippen molar-refractivity contribution in [2.24, 2.45) is 0 Å². The van der Waals surface area contributed by atoms with Gasteiger partial charge in [0.1, 0.15) is 5.56 Å². The summed E-state index contributed by atoms with van der Waals surface area (Å²) in [5.74, 6) is 0.159. The van der Waals surface area contributed by atoms with Gasteiger partial charge in [0.2, 0.25) is 0 Å². The predicted molar refractivity (Wildman–Crippen MR) is 101 cm³/mol. The molecule has 1 aliphatic carbocycles. The number of nitrogen functional groups attached to an aromatic ring is 1. The quantitative estimate of drug-likeness (QED) is 0.524. The zero-order valence-corrected chi connectivity index (χ0v) is 15.0. The normalized spacial score (nSPS) is 18.5. The van der Waals surface area contributed by atoms with Crippen LogP contribution < -0.4 is 5.73 Å². The van der Waals surface area contributed by atoms with Gasteiger partial charge in [-0.3, -0.25) is 0 Å². The van der Waals surface area contributed by atoms with Crippen molar-refractivity contribution < 1.29 is 9.90 Å². The first-order valence-electron chi connectivity index (χ1n) is 8.88. The number of carboxylic acids is 1.